The summed E-state index contributed by atoms with van der Waals surface area (Å²) in [5, 5.41) is 33.7. The maximum absolute atomic E-state index is 12.5. The van der Waals surface area contributed by atoms with Gasteiger partial charge in [0.25, 0.3) is 0 Å². The Labute approximate surface area is 173 Å². The van der Waals surface area contributed by atoms with E-state index in [1.54, 1.807) is 13.8 Å². The van der Waals surface area contributed by atoms with Crippen LogP contribution in [0.4, 0.5) is 0 Å². The Morgan fingerprint density at radius 2 is 1.38 bits per heavy atom. The van der Waals surface area contributed by atoms with E-state index in [4.69, 9.17) is 15.9 Å². The second-order valence-electron chi connectivity index (χ2n) is 6.59. The summed E-state index contributed by atoms with van der Waals surface area (Å²) >= 11 is 3.79. The monoisotopic (exact) mass is 436 g/mol. The fraction of sp³-hybridized carbons (Fsp3) is 0.688. The van der Waals surface area contributed by atoms with Gasteiger partial charge in [-0.1, -0.05) is 13.8 Å². The first-order valence-electron chi connectivity index (χ1n) is 8.77. The fourth-order valence-corrected chi connectivity index (χ4v) is 2.28. The van der Waals surface area contributed by atoms with Gasteiger partial charge in [-0.25, -0.2) is 4.79 Å². The number of nitrogens with two attached hydrogens (primary N) is 1. The molecule has 0 aliphatic rings. The Morgan fingerprint density at radius 3 is 1.79 bits per heavy atom. The highest BCUT2D eigenvalue weighted by atomic mass is 32.1. The number of carbonyl (C=O) groups excluding carboxylic acids is 3. The number of nitrogens with one attached hydrogen (secondary N) is 3. The molecule has 0 rings (SSSR count). The van der Waals surface area contributed by atoms with Crippen LogP contribution in [0.25, 0.3) is 0 Å². The molecule has 0 aromatic carbocycles. The van der Waals surface area contributed by atoms with E-state index in [0.717, 1.165) is 0 Å². The smallest absolute Gasteiger partial charge is 0.327 e. The summed E-state index contributed by atoms with van der Waals surface area (Å²) in [5.74, 6) is -5.63. The van der Waals surface area contributed by atoms with Crippen LogP contribution in [0.1, 0.15) is 26.7 Å². The SMILES string of the molecule is CC(C)C(N)C(=O)NC(CCC(=O)O)C(=O)NC(CO)C(=O)NC(CS)C(=O)O. The second kappa shape index (κ2) is 13.0. The summed E-state index contributed by atoms with van der Waals surface area (Å²) in [7, 11) is 0. The van der Waals surface area contributed by atoms with E-state index >= 15 is 0 Å². The van der Waals surface area contributed by atoms with Crippen molar-refractivity contribution in [3.05, 3.63) is 0 Å². The Kier molecular flexibility index (Phi) is 11.9. The quantitative estimate of drug-likeness (QED) is 0.141. The molecule has 4 atom stereocenters. The highest BCUT2D eigenvalue weighted by molar-refractivity contribution is 7.80. The number of aliphatic carboxylic acids is 2. The summed E-state index contributed by atoms with van der Waals surface area (Å²) < 4.78 is 0. The molecule has 0 aliphatic heterocycles. The fourth-order valence-electron chi connectivity index (χ4n) is 2.03. The Morgan fingerprint density at radius 1 is 0.897 bits per heavy atom. The van der Waals surface area contributed by atoms with Gasteiger partial charge in [0.05, 0.1) is 12.6 Å². The number of hydrogen-bond acceptors (Lipinski definition) is 8. The van der Waals surface area contributed by atoms with Crippen LogP contribution in [0.3, 0.4) is 0 Å². The standard InChI is InChI=1S/C16H28N4O8S/c1-7(2)12(17)15(26)18-8(3-4-11(22)23)13(24)19-9(5-21)14(25)20-10(6-29)16(27)28/h7-10,12,21,29H,3-6,17H2,1-2H3,(H,18,26)(H,19,24)(H,20,25)(H,22,23)(H,27,28). The van der Waals surface area contributed by atoms with Gasteiger partial charge in [-0.05, 0) is 12.3 Å². The summed E-state index contributed by atoms with van der Waals surface area (Å²) in [6, 6.07) is -5.14. The predicted octanol–water partition coefficient (Wildman–Crippen LogP) is -2.70. The van der Waals surface area contributed by atoms with Crippen molar-refractivity contribution in [1.29, 1.82) is 0 Å². The number of amides is 3. The number of thiol groups is 1. The number of carbonyl (C=O) groups is 5. The first-order valence-corrected chi connectivity index (χ1v) is 9.40. The zero-order valence-corrected chi connectivity index (χ0v) is 17.0. The Bertz CT molecular complexity index is 616. The summed E-state index contributed by atoms with van der Waals surface area (Å²) in [4.78, 5) is 58.5. The highest BCUT2D eigenvalue weighted by Crippen LogP contribution is 2.03. The van der Waals surface area contributed by atoms with Gasteiger partial charge >= 0.3 is 11.9 Å². The molecule has 0 aromatic heterocycles. The summed E-state index contributed by atoms with van der Waals surface area (Å²) in [6.07, 6.45) is -0.738. The van der Waals surface area contributed by atoms with Crippen LogP contribution >= 0.6 is 12.6 Å². The molecule has 4 unspecified atom stereocenters. The van der Waals surface area contributed by atoms with Gasteiger partial charge in [-0.3, -0.25) is 19.2 Å². The van der Waals surface area contributed by atoms with Gasteiger partial charge < -0.3 is 37.0 Å². The van der Waals surface area contributed by atoms with Gasteiger partial charge in [-0.2, -0.15) is 12.6 Å². The van der Waals surface area contributed by atoms with Crippen molar-refractivity contribution in [1.82, 2.24) is 16.0 Å². The lowest BCUT2D eigenvalue weighted by Crippen LogP contribution is -2.58. The van der Waals surface area contributed by atoms with Gasteiger partial charge in [-0.15, -0.1) is 0 Å². The molecule has 0 fully saturated rings. The van der Waals surface area contributed by atoms with Gasteiger partial charge in [0.1, 0.15) is 18.1 Å². The van der Waals surface area contributed by atoms with Gasteiger partial charge in [0.15, 0.2) is 0 Å². The first kappa shape index (κ1) is 26.6. The van der Waals surface area contributed by atoms with E-state index in [2.05, 4.69) is 28.6 Å². The van der Waals surface area contributed by atoms with Gasteiger partial charge in [0.2, 0.25) is 17.7 Å². The molecule has 3 amide bonds. The van der Waals surface area contributed by atoms with Crippen molar-refractivity contribution in [3.63, 3.8) is 0 Å². The van der Waals surface area contributed by atoms with Gasteiger partial charge in [0, 0.05) is 12.2 Å². The number of aliphatic hydroxyl groups is 1. The molecule has 0 spiro atoms. The lowest BCUT2D eigenvalue weighted by atomic mass is 10.0. The number of aliphatic hydroxyl groups excluding tert-OH is 1. The minimum absolute atomic E-state index is 0.225. The molecule has 0 aromatic rings. The Balaban J connectivity index is 5.23. The molecule has 13 heteroatoms. The lowest BCUT2D eigenvalue weighted by molar-refractivity contribution is -0.142. The third kappa shape index (κ3) is 9.58. The number of carboxylic acid groups (broad SMARTS) is 2. The summed E-state index contributed by atoms with van der Waals surface area (Å²) in [6.45, 7) is 2.51. The third-order valence-corrected chi connectivity index (χ3v) is 4.28. The van der Waals surface area contributed by atoms with E-state index in [1.807, 2.05) is 0 Å². The second-order valence-corrected chi connectivity index (χ2v) is 6.95. The lowest BCUT2D eigenvalue weighted by Gasteiger charge is -2.24. The summed E-state index contributed by atoms with van der Waals surface area (Å²) in [5.41, 5.74) is 5.71. The molecule has 166 valence electrons. The molecular formula is C16H28N4O8S. The molecule has 8 N–H and O–H groups in total. The topological polar surface area (TPSA) is 208 Å². The third-order valence-electron chi connectivity index (χ3n) is 3.91. The molecule has 29 heavy (non-hydrogen) atoms. The van der Waals surface area contributed by atoms with Crippen LogP contribution in [0.15, 0.2) is 0 Å². The molecule has 0 bridgehead atoms. The van der Waals surface area contributed by atoms with E-state index in [9.17, 15) is 29.1 Å². The average Bonchev–Trinajstić information content (AvgIpc) is 2.65. The van der Waals surface area contributed by atoms with Crippen molar-refractivity contribution in [3.8, 4) is 0 Å². The molecular weight excluding hydrogens is 408 g/mol. The van der Waals surface area contributed by atoms with Crippen LogP contribution in [-0.2, 0) is 24.0 Å². The van der Waals surface area contributed by atoms with Crippen molar-refractivity contribution in [2.45, 2.75) is 50.9 Å². The molecule has 0 saturated carbocycles. The zero-order valence-electron chi connectivity index (χ0n) is 16.1. The van der Waals surface area contributed by atoms with Crippen LogP contribution < -0.4 is 21.7 Å². The largest absolute Gasteiger partial charge is 0.481 e. The van der Waals surface area contributed by atoms with Crippen molar-refractivity contribution in [2.24, 2.45) is 11.7 Å². The Hall–Kier alpha value is -2.38. The normalized spacial score (nSPS) is 15.0. The molecule has 0 aliphatic carbocycles. The van der Waals surface area contributed by atoms with E-state index < -0.39 is 66.9 Å². The maximum atomic E-state index is 12.5. The average molecular weight is 436 g/mol. The first-order chi connectivity index (χ1) is 13.4. The van der Waals surface area contributed by atoms with Crippen LogP contribution in [0.2, 0.25) is 0 Å². The molecule has 0 radical (unpaired) electrons. The number of rotatable bonds is 13. The van der Waals surface area contributed by atoms with Crippen molar-refractivity contribution < 1.29 is 39.3 Å². The minimum Gasteiger partial charge on any atom is -0.481 e. The molecule has 12 nitrogen and oxygen atoms in total. The van der Waals surface area contributed by atoms with E-state index in [-0.39, 0.29) is 18.1 Å². The van der Waals surface area contributed by atoms with E-state index in [0.29, 0.717) is 0 Å². The zero-order chi connectivity index (χ0) is 22.7. The van der Waals surface area contributed by atoms with Crippen LogP contribution in [-0.4, -0.2) is 81.5 Å². The maximum Gasteiger partial charge on any atom is 0.327 e. The van der Waals surface area contributed by atoms with Crippen LogP contribution in [0, 0.1) is 5.92 Å². The highest BCUT2D eigenvalue weighted by Gasteiger charge is 2.30. The van der Waals surface area contributed by atoms with Crippen molar-refractivity contribution >= 4 is 42.3 Å². The molecule has 0 saturated heterocycles. The van der Waals surface area contributed by atoms with Crippen molar-refractivity contribution in [2.75, 3.05) is 12.4 Å². The number of hydrogen-bond donors (Lipinski definition) is 8. The van der Waals surface area contributed by atoms with E-state index in [1.165, 1.54) is 0 Å². The minimum atomic E-state index is -1.52. The number of carboxylic acids is 2. The molecule has 0 heterocycles. The predicted molar refractivity (Wildman–Crippen MR) is 104 cm³/mol. The van der Waals surface area contributed by atoms with Crippen LogP contribution in [0.5, 0.6) is 0 Å².